The second kappa shape index (κ2) is 7.47. The molecule has 0 aliphatic rings. The lowest BCUT2D eigenvalue weighted by Crippen LogP contribution is -2.48. The first-order chi connectivity index (χ1) is 10.6. The molecule has 23 heavy (non-hydrogen) atoms. The Hall–Kier alpha value is -2.07. The molecule has 1 atom stereocenters. The number of carbonyl (C=O) groups is 3. The molecule has 0 saturated heterocycles. The average Bonchev–Trinajstić information content (AvgIpc) is 2.43. The van der Waals surface area contributed by atoms with Gasteiger partial charge in [-0.15, -0.1) is 0 Å². The van der Waals surface area contributed by atoms with E-state index in [1.807, 2.05) is 0 Å². The zero-order valence-corrected chi connectivity index (χ0v) is 14.1. The third kappa shape index (κ3) is 4.45. The van der Waals surface area contributed by atoms with Crippen LogP contribution >= 0.6 is 12.6 Å². The molecule has 0 fully saturated rings. The first-order valence-corrected chi connectivity index (χ1v) is 8.44. The quantitative estimate of drug-likeness (QED) is 0.638. The topological polar surface area (TPSA) is 121 Å². The Balaban J connectivity index is 3.28. The van der Waals surface area contributed by atoms with Gasteiger partial charge in [0.2, 0.25) is 11.8 Å². The number of carboxylic acids is 1. The van der Waals surface area contributed by atoms with E-state index in [1.54, 1.807) is 0 Å². The van der Waals surface area contributed by atoms with E-state index in [1.165, 1.54) is 31.2 Å². The second-order valence-corrected chi connectivity index (χ2v) is 6.74. The zero-order valence-electron chi connectivity index (χ0n) is 12.4. The first kappa shape index (κ1) is 19.0. The summed E-state index contributed by atoms with van der Waals surface area (Å²) in [6.45, 7) is 2.26. The SMILES string of the molecule is CC(=O)Nc1ccc(S(=O)(=O)N(C(C)=O)C(CS)C(=O)O)cc1. The van der Waals surface area contributed by atoms with Crippen molar-refractivity contribution in [2.45, 2.75) is 24.8 Å². The molecule has 0 aromatic heterocycles. The Morgan fingerprint density at radius 3 is 2.09 bits per heavy atom. The van der Waals surface area contributed by atoms with Gasteiger partial charge in [-0.05, 0) is 24.3 Å². The Kier molecular flexibility index (Phi) is 6.16. The Morgan fingerprint density at radius 1 is 1.22 bits per heavy atom. The van der Waals surface area contributed by atoms with Crippen molar-refractivity contribution in [1.29, 1.82) is 0 Å². The van der Waals surface area contributed by atoms with E-state index in [0.29, 0.717) is 5.69 Å². The van der Waals surface area contributed by atoms with Crippen LogP contribution in [-0.4, -0.2) is 47.4 Å². The molecule has 10 heteroatoms. The second-order valence-electron chi connectivity index (χ2n) is 4.56. The van der Waals surface area contributed by atoms with E-state index in [0.717, 1.165) is 6.92 Å². The van der Waals surface area contributed by atoms with Crippen LogP contribution in [0.2, 0.25) is 0 Å². The van der Waals surface area contributed by atoms with Gasteiger partial charge in [0, 0.05) is 25.3 Å². The smallest absolute Gasteiger partial charge is 0.328 e. The van der Waals surface area contributed by atoms with Crippen LogP contribution in [0.3, 0.4) is 0 Å². The highest BCUT2D eigenvalue weighted by atomic mass is 32.2. The van der Waals surface area contributed by atoms with Crippen LogP contribution in [0.1, 0.15) is 13.8 Å². The highest BCUT2D eigenvalue weighted by molar-refractivity contribution is 7.89. The van der Waals surface area contributed by atoms with Crippen molar-refractivity contribution in [1.82, 2.24) is 4.31 Å². The Labute approximate surface area is 138 Å². The number of anilines is 1. The third-order valence-electron chi connectivity index (χ3n) is 2.78. The predicted molar refractivity (Wildman–Crippen MR) is 85.7 cm³/mol. The maximum absolute atomic E-state index is 12.5. The maximum atomic E-state index is 12.5. The van der Waals surface area contributed by atoms with Crippen molar-refractivity contribution in [3.05, 3.63) is 24.3 Å². The normalized spacial score (nSPS) is 12.3. The molecule has 0 saturated carbocycles. The molecule has 0 aliphatic carbocycles. The maximum Gasteiger partial charge on any atom is 0.328 e. The molecule has 0 radical (unpaired) electrons. The summed E-state index contributed by atoms with van der Waals surface area (Å²) in [6.07, 6.45) is 0. The number of amides is 2. The fourth-order valence-electron chi connectivity index (χ4n) is 1.84. The molecule has 1 unspecified atom stereocenters. The number of hydrogen-bond donors (Lipinski definition) is 3. The van der Waals surface area contributed by atoms with Crippen LogP contribution in [-0.2, 0) is 24.4 Å². The van der Waals surface area contributed by atoms with Crippen molar-refractivity contribution in [3.8, 4) is 0 Å². The summed E-state index contributed by atoms with van der Waals surface area (Å²) in [7, 11) is -4.36. The summed E-state index contributed by atoms with van der Waals surface area (Å²) in [5.41, 5.74) is 0.370. The van der Waals surface area contributed by atoms with Gasteiger partial charge in [0.15, 0.2) is 6.04 Å². The number of sulfonamides is 1. The monoisotopic (exact) mass is 360 g/mol. The number of hydrogen-bond acceptors (Lipinski definition) is 6. The van der Waals surface area contributed by atoms with Gasteiger partial charge in [0.1, 0.15) is 0 Å². The molecular weight excluding hydrogens is 344 g/mol. The van der Waals surface area contributed by atoms with Gasteiger partial charge in [-0.25, -0.2) is 17.5 Å². The molecule has 1 rings (SSSR count). The largest absolute Gasteiger partial charge is 0.480 e. The number of carboxylic acid groups (broad SMARTS) is 1. The minimum atomic E-state index is -4.36. The summed E-state index contributed by atoms with van der Waals surface area (Å²) < 4.78 is 25.4. The highest BCUT2D eigenvalue weighted by Crippen LogP contribution is 2.21. The lowest BCUT2D eigenvalue weighted by Gasteiger charge is -2.26. The highest BCUT2D eigenvalue weighted by Gasteiger charge is 2.37. The number of rotatable bonds is 6. The van der Waals surface area contributed by atoms with Crippen LogP contribution in [0.4, 0.5) is 5.69 Å². The third-order valence-corrected chi connectivity index (χ3v) is 5.03. The van der Waals surface area contributed by atoms with Crippen molar-refractivity contribution in [3.63, 3.8) is 0 Å². The number of benzene rings is 1. The van der Waals surface area contributed by atoms with Crippen LogP contribution < -0.4 is 5.32 Å². The molecule has 8 nitrogen and oxygen atoms in total. The molecule has 2 amide bonds. The van der Waals surface area contributed by atoms with E-state index in [9.17, 15) is 22.8 Å². The molecule has 1 aromatic carbocycles. The standard InChI is InChI=1S/C13H16N2O6S2/c1-8(16)14-10-3-5-11(6-4-10)23(20,21)15(9(2)17)12(7-22)13(18)19/h3-6,12,22H,7H2,1-2H3,(H,14,16)(H,18,19). The van der Waals surface area contributed by atoms with Gasteiger partial charge in [0.25, 0.3) is 10.0 Å². The van der Waals surface area contributed by atoms with Crippen molar-refractivity contribution in [2.75, 3.05) is 11.1 Å². The summed E-state index contributed by atoms with van der Waals surface area (Å²) >= 11 is 3.80. The zero-order chi connectivity index (χ0) is 17.8. The molecule has 2 N–H and O–H groups in total. The van der Waals surface area contributed by atoms with E-state index < -0.39 is 27.9 Å². The fourth-order valence-corrected chi connectivity index (χ4v) is 3.81. The molecular formula is C13H16N2O6S2. The fraction of sp³-hybridized carbons (Fsp3) is 0.308. The number of nitrogens with zero attached hydrogens (tertiary/aromatic N) is 1. The molecule has 0 spiro atoms. The van der Waals surface area contributed by atoms with E-state index >= 15 is 0 Å². The van der Waals surface area contributed by atoms with Crippen LogP contribution in [0.5, 0.6) is 0 Å². The number of aliphatic carboxylic acids is 1. The molecule has 0 bridgehead atoms. The molecule has 0 aliphatic heterocycles. The molecule has 126 valence electrons. The average molecular weight is 360 g/mol. The molecule has 0 heterocycles. The van der Waals surface area contributed by atoms with Crippen molar-refractivity contribution in [2.24, 2.45) is 0 Å². The van der Waals surface area contributed by atoms with E-state index in [4.69, 9.17) is 5.11 Å². The Morgan fingerprint density at radius 2 is 1.74 bits per heavy atom. The minimum absolute atomic E-state index is 0.269. The molecule has 1 aromatic rings. The summed E-state index contributed by atoms with van der Waals surface area (Å²) in [4.78, 5) is 33.5. The lowest BCUT2D eigenvalue weighted by atomic mass is 10.3. The van der Waals surface area contributed by atoms with Gasteiger partial charge in [-0.1, -0.05) is 0 Å². The van der Waals surface area contributed by atoms with Gasteiger partial charge in [-0.2, -0.15) is 12.6 Å². The minimum Gasteiger partial charge on any atom is -0.480 e. The van der Waals surface area contributed by atoms with Gasteiger partial charge < -0.3 is 10.4 Å². The first-order valence-electron chi connectivity index (χ1n) is 6.37. The summed E-state index contributed by atoms with van der Waals surface area (Å²) in [6, 6.07) is 3.41. The number of nitrogens with one attached hydrogen (secondary N) is 1. The van der Waals surface area contributed by atoms with Gasteiger partial charge >= 0.3 is 5.97 Å². The van der Waals surface area contributed by atoms with Gasteiger partial charge in [0.05, 0.1) is 4.90 Å². The van der Waals surface area contributed by atoms with Crippen LogP contribution in [0, 0.1) is 0 Å². The predicted octanol–water partition coefficient (Wildman–Crippen LogP) is 0.565. The Bertz CT molecular complexity index is 714. The summed E-state index contributed by atoms with van der Waals surface area (Å²) in [5, 5.41) is 11.6. The van der Waals surface area contributed by atoms with Crippen molar-refractivity contribution < 1.29 is 27.9 Å². The van der Waals surface area contributed by atoms with E-state index in [-0.39, 0.29) is 20.9 Å². The summed E-state index contributed by atoms with van der Waals surface area (Å²) in [5.74, 6) is -3.10. The van der Waals surface area contributed by atoms with Crippen molar-refractivity contribution >= 4 is 46.1 Å². The lowest BCUT2D eigenvalue weighted by molar-refractivity contribution is -0.144. The van der Waals surface area contributed by atoms with E-state index in [2.05, 4.69) is 17.9 Å². The van der Waals surface area contributed by atoms with Crippen LogP contribution in [0.15, 0.2) is 29.2 Å². The number of carbonyl (C=O) groups excluding carboxylic acids is 2. The van der Waals surface area contributed by atoms with Gasteiger partial charge in [-0.3, -0.25) is 9.59 Å². The van der Waals surface area contributed by atoms with Crippen LogP contribution in [0.25, 0.3) is 0 Å². The number of thiol groups is 1.